The number of esters is 2. The lowest BCUT2D eigenvalue weighted by atomic mass is 10.0. The lowest BCUT2D eigenvalue weighted by Crippen LogP contribution is -2.28. The summed E-state index contributed by atoms with van der Waals surface area (Å²) in [6, 6.07) is 0. The van der Waals surface area contributed by atoms with Gasteiger partial charge in [0.15, 0.2) is 5.92 Å². The van der Waals surface area contributed by atoms with Gasteiger partial charge in [-0.1, -0.05) is 72.1 Å². The van der Waals surface area contributed by atoms with E-state index in [-0.39, 0.29) is 0 Å². The molecule has 4 heteroatoms. The largest absolute Gasteiger partial charge is 0.465 e. The normalized spacial score (nSPS) is 10.8. The van der Waals surface area contributed by atoms with Crippen LogP contribution in [0.3, 0.4) is 0 Å². The molecular weight excluding hydrogens is 292 g/mol. The van der Waals surface area contributed by atoms with Gasteiger partial charge in [-0.25, -0.2) is 0 Å². The van der Waals surface area contributed by atoms with Crippen molar-refractivity contribution >= 4 is 11.9 Å². The second-order valence-corrected chi connectivity index (χ2v) is 6.15. The average molecular weight is 328 g/mol. The third-order valence-corrected chi connectivity index (χ3v) is 3.90. The Morgan fingerprint density at radius 3 is 1.57 bits per heavy atom. The van der Waals surface area contributed by atoms with Crippen molar-refractivity contribution in [3.05, 3.63) is 0 Å². The summed E-state index contributed by atoms with van der Waals surface area (Å²) in [5.41, 5.74) is 0. The van der Waals surface area contributed by atoms with Crippen LogP contribution in [0, 0.1) is 5.92 Å². The van der Waals surface area contributed by atoms with Gasteiger partial charge in [0.1, 0.15) is 0 Å². The van der Waals surface area contributed by atoms with Crippen molar-refractivity contribution in [2.45, 2.75) is 91.4 Å². The molecule has 0 amide bonds. The number of rotatable bonds is 15. The van der Waals surface area contributed by atoms with Crippen molar-refractivity contribution in [3.8, 4) is 0 Å². The predicted molar refractivity (Wildman–Crippen MR) is 93.2 cm³/mol. The highest BCUT2D eigenvalue weighted by Gasteiger charge is 2.29. The SMILES string of the molecule is CCCCCCCCC(C(=O)OCCCC)C(=O)OCCCC. The fraction of sp³-hybridized carbons (Fsp3) is 0.895. The van der Waals surface area contributed by atoms with Crippen molar-refractivity contribution in [2.24, 2.45) is 5.92 Å². The van der Waals surface area contributed by atoms with E-state index in [2.05, 4.69) is 6.92 Å². The summed E-state index contributed by atoms with van der Waals surface area (Å²) in [7, 11) is 0. The first-order chi connectivity index (χ1) is 11.2. The Bertz CT molecular complexity index is 280. The number of ether oxygens (including phenoxy) is 2. The van der Waals surface area contributed by atoms with E-state index in [4.69, 9.17) is 9.47 Å². The summed E-state index contributed by atoms with van der Waals surface area (Å²) in [5.74, 6) is -1.56. The monoisotopic (exact) mass is 328 g/mol. The van der Waals surface area contributed by atoms with Gasteiger partial charge in [-0.3, -0.25) is 9.59 Å². The average Bonchev–Trinajstić information content (AvgIpc) is 2.54. The van der Waals surface area contributed by atoms with Gasteiger partial charge in [0.2, 0.25) is 0 Å². The number of carbonyl (C=O) groups is 2. The molecular formula is C19H36O4. The second-order valence-electron chi connectivity index (χ2n) is 6.15. The molecule has 136 valence electrons. The molecule has 0 atom stereocenters. The molecule has 0 radical (unpaired) electrons. The molecule has 0 aromatic carbocycles. The van der Waals surface area contributed by atoms with Crippen molar-refractivity contribution in [3.63, 3.8) is 0 Å². The quantitative estimate of drug-likeness (QED) is 0.240. The number of hydrogen-bond donors (Lipinski definition) is 0. The summed E-state index contributed by atoms with van der Waals surface area (Å²) < 4.78 is 10.5. The highest BCUT2D eigenvalue weighted by molar-refractivity contribution is 5.94. The molecule has 0 bridgehead atoms. The van der Waals surface area contributed by atoms with Gasteiger partial charge < -0.3 is 9.47 Å². The van der Waals surface area contributed by atoms with Crippen LogP contribution in [0.1, 0.15) is 91.4 Å². The zero-order valence-electron chi connectivity index (χ0n) is 15.4. The summed E-state index contributed by atoms with van der Waals surface area (Å²) in [4.78, 5) is 24.3. The van der Waals surface area contributed by atoms with E-state index < -0.39 is 17.9 Å². The molecule has 0 rings (SSSR count). The Hall–Kier alpha value is -1.06. The van der Waals surface area contributed by atoms with E-state index >= 15 is 0 Å². The molecule has 0 aromatic rings. The topological polar surface area (TPSA) is 52.6 Å². The Labute approximate surface area is 142 Å². The molecule has 0 aliphatic heterocycles. The van der Waals surface area contributed by atoms with Gasteiger partial charge in [-0.2, -0.15) is 0 Å². The Morgan fingerprint density at radius 1 is 0.652 bits per heavy atom. The van der Waals surface area contributed by atoms with Gasteiger partial charge in [-0.15, -0.1) is 0 Å². The standard InChI is InChI=1S/C19H36O4/c1-4-7-10-11-12-13-14-17(18(20)22-15-8-5-2)19(21)23-16-9-6-3/h17H,4-16H2,1-3H3. The van der Waals surface area contributed by atoms with Crippen LogP contribution in [0.4, 0.5) is 0 Å². The molecule has 0 aliphatic rings. The minimum atomic E-state index is -0.741. The van der Waals surface area contributed by atoms with Crippen molar-refractivity contribution in [1.82, 2.24) is 0 Å². The maximum atomic E-state index is 12.1. The Morgan fingerprint density at radius 2 is 1.09 bits per heavy atom. The zero-order chi connectivity index (χ0) is 17.3. The van der Waals surface area contributed by atoms with Gasteiger partial charge in [0, 0.05) is 0 Å². The maximum absolute atomic E-state index is 12.1. The van der Waals surface area contributed by atoms with Gasteiger partial charge >= 0.3 is 11.9 Å². The molecule has 0 N–H and O–H groups in total. The molecule has 0 saturated heterocycles. The first-order valence-electron chi connectivity index (χ1n) is 9.50. The van der Waals surface area contributed by atoms with Crippen LogP contribution in [0.15, 0.2) is 0 Å². The molecule has 0 fully saturated rings. The van der Waals surface area contributed by atoms with Crippen molar-refractivity contribution in [2.75, 3.05) is 13.2 Å². The van der Waals surface area contributed by atoms with E-state index in [0.29, 0.717) is 19.6 Å². The van der Waals surface area contributed by atoms with Crippen LogP contribution in [-0.2, 0) is 19.1 Å². The molecule has 0 spiro atoms. The second kappa shape index (κ2) is 15.8. The third-order valence-electron chi connectivity index (χ3n) is 3.90. The van der Waals surface area contributed by atoms with Crippen LogP contribution >= 0.6 is 0 Å². The highest BCUT2D eigenvalue weighted by atomic mass is 16.6. The number of unbranched alkanes of at least 4 members (excludes halogenated alkanes) is 7. The first-order valence-corrected chi connectivity index (χ1v) is 9.50. The summed E-state index contributed by atoms with van der Waals surface area (Å²) in [6.45, 7) is 7.06. The lowest BCUT2D eigenvalue weighted by Gasteiger charge is -2.15. The highest BCUT2D eigenvalue weighted by Crippen LogP contribution is 2.16. The molecule has 23 heavy (non-hydrogen) atoms. The zero-order valence-corrected chi connectivity index (χ0v) is 15.4. The Kier molecular flexibility index (Phi) is 15.1. The molecule has 0 heterocycles. The fourth-order valence-electron chi connectivity index (χ4n) is 2.30. The maximum Gasteiger partial charge on any atom is 0.320 e. The number of hydrogen-bond acceptors (Lipinski definition) is 4. The van der Waals surface area contributed by atoms with E-state index in [9.17, 15) is 9.59 Å². The minimum Gasteiger partial charge on any atom is -0.465 e. The van der Waals surface area contributed by atoms with Gasteiger partial charge in [-0.05, 0) is 19.3 Å². The van der Waals surface area contributed by atoms with Crippen LogP contribution < -0.4 is 0 Å². The fourth-order valence-corrected chi connectivity index (χ4v) is 2.30. The van der Waals surface area contributed by atoms with Crippen LogP contribution in [0.5, 0.6) is 0 Å². The predicted octanol–water partition coefficient (Wildman–Crippen LogP) is 5.04. The van der Waals surface area contributed by atoms with E-state index in [1.54, 1.807) is 0 Å². The van der Waals surface area contributed by atoms with Crippen LogP contribution in [0.25, 0.3) is 0 Å². The summed E-state index contributed by atoms with van der Waals surface area (Å²) in [6.07, 6.45) is 10.9. The van der Waals surface area contributed by atoms with Gasteiger partial charge in [0.05, 0.1) is 13.2 Å². The molecule has 0 aromatic heterocycles. The first kappa shape index (κ1) is 21.9. The minimum absolute atomic E-state index is 0.393. The molecule has 0 saturated carbocycles. The lowest BCUT2D eigenvalue weighted by molar-refractivity contribution is -0.162. The smallest absolute Gasteiger partial charge is 0.320 e. The van der Waals surface area contributed by atoms with Crippen molar-refractivity contribution < 1.29 is 19.1 Å². The summed E-state index contributed by atoms with van der Waals surface area (Å²) >= 11 is 0. The van der Waals surface area contributed by atoms with E-state index in [0.717, 1.165) is 44.9 Å². The van der Waals surface area contributed by atoms with Gasteiger partial charge in [0.25, 0.3) is 0 Å². The van der Waals surface area contributed by atoms with E-state index in [1.807, 2.05) is 13.8 Å². The summed E-state index contributed by atoms with van der Waals surface area (Å²) in [5, 5.41) is 0. The van der Waals surface area contributed by atoms with E-state index in [1.165, 1.54) is 19.3 Å². The third kappa shape index (κ3) is 12.1. The molecule has 0 aliphatic carbocycles. The van der Waals surface area contributed by atoms with Crippen LogP contribution in [-0.4, -0.2) is 25.2 Å². The molecule has 4 nitrogen and oxygen atoms in total. The number of carbonyl (C=O) groups excluding carboxylic acids is 2. The van der Waals surface area contributed by atoms with Crippen molar-refractivity contribution in [1.29, 1.82) is 0 Å². The Balaban J connectivity index is 4.24. The molecule has 0 unspecified atom stereocenters. The van der Waals surface area contributed by atoms with Crippen LogP contribution in [0.2, 0.25) is 0 Å².